The molecule has 13 heteroatoms. The molecule has 0 saturated heterocycles. The van der Waals surface area contributed by atoms with E-state index in [1.807, 2.05) is 12.1 Å². The summed E-state index contributed by atoms with van der Waals surface area (Å²) in [5.41, 5.74) is 2.15. The van der Waals surface area contributed by atoms with Crippen molar-refractivity contribution in [2.24, 2.45) is 0 Å². The summed E-state index contributed by atoms with van der Waals surface area (Å²) in [7, 11) is 1.55. The molecule has 3 aromatic heterocycles. The van der Waals surface area contributed by atoms with Gasteiger partial charge in [0.25, 0.3) is 0 Å². The number of pyridine rings is 2. The number of carbonyl (C=O) groups excluding carboxylic acids is 1. The van der Waals surface area contributed by atoms with Gasteiger partial charge in [-0.15, -0.1) is 11.3 Å². The minimum absolute atomic E-state index is 0.117. The number of amides is 1. The Morgan fingerprint density at radius 1 is 1.18 bits per heavy atom. The smallest absolute Gasteiger partial charge is 0.411 e. The fourth-order valence-electron chi connectivity index (χ4n) is 3.82. The maximum atomic E-state index is 15.2. The Morgan fingerprint density at radius 2 is 2.00 bits per heavy atom. The quantitative estimate of drug-likeness (QED) is 0.208. The predicted molar refractivity (Wildman–Crippen MR) is 151 cm³/mol. The molecule has 202 valence electrons. The van der Waals surface area contributed by atoms with Gasteiger partial charge in [-0.05, 0) is 31.2 Å². The summed E-state index contributed by atoms with van der Waals surface area (Å²) in [6.07, 6.45) is 2.82. The fraction of sp³-hybridized carbons (Fsp3) is 0.148. The van der Waals surface area contributed by atoms with Crippen LogP contribution in [0, 0.1) is 17.1 Å². The lowest BCUT2D eigenvalue weighted by atomic mass is 10.1. The number of hydrogen-bond donors (Lipinski definition) is 1. The molecule has 0 unspecified atom stereocenters. The summed E-state index contributed by atoms with van der Waals surface area (Å²) < 4.78 is 31.9. The highest BCUT2D eigenvalue weighted by atomic mass is 35.5. The zero-order valence-corrected chi connectivity index (χ0v) is 23.2. The third kappa shape index (κ3) is 5.70. The summed E-state index contributed by atoms with van der Waals surface area (Å²) in [5, 5.41) is 13.0. The standard InChI is InChI=1S/C27H18Cl2FN5O4S/c1-13(12-38-27(36)34-17-3-14(8-31)9-32-10-17)39-20-7-21-25(22(29)23(20)30)35-26(40-21)19-6-16(28)4-15-5-18(37-2)11-33-24(15)19/h3-7,9-11,13H,12H2,1-2H3,(H,34,36)/t13-/m0/s1. The van der Waals surface area contributed by atoms with Gasteiger partial charge in [0.05, 0.1) is 41.0 Å². The van der Waals surface area contributed by atoms with Gasteiger partial charge in [0.1, 0.15) is 40.1 Å². The Bertz CT molecular complexity index is 1810. The first kappa shape index (κ1) is 27.3. The van der Waals surface area contributed by atoms with E-state index in [1.54, 1.807) is 32.4 Å². The monoisotopic (exact) mass is 597 g/mol. The molecule has 0 bridgehead atoms. The first-order valence-electron chi connectivity index (χ1n) is 11.6. The first-order valence-corrected chi connectivity index (χ1v) is 13.2. The molecule has 0 saturated carbocycles. The van der Waals surface area contributed by atoms with Crippen molar-refractivity contribution in [3.05, 3.63) is 70.3 Å². The van der Waals surface area contributed by atoms with Gasteiger partial charge in [0.2, 0.25) is 0 Å². The van der Waals surface area contributed by atoms with E-state index < -0.39 is 18.0 Å². The van der Waals surface area contributed by atoms with E-state index in [4.69, 9.17) is 42.7 Å². The molecule has 5 rings (SSSR count). The van der Waals surface area contributed by atoms with E-state index in [2.05, 4.69) is 20.3 Å². The van der Waals surface area contributed by atoms with Gasteiger partial charge in [0.15, 0.2) is 11.6 Å². The third-order valence-electron chi connectivity index (χ3n) is 5.61. The molecule has 1 N–H and O–H groups in total. The number of anilines is 1. The van der Waals surface area contributed by atoms with E-state index >= 15 is 4.39 Å². The zero-order chi connectivity index (χ0) is 28.4. The number of nitriles is 1. The maximum absolute atomic E-state index is 15.2. The Balaban J connectivity index is 1.35. The lowest BCUT2D eigenvalue weighted by molar-refractivity contribution is 0.0969. The van der Waals surface area contributed by atoms with E-state index in [0.717, 1.165) is 5.39 Å². The van der Waals surface area contributed by atoms with Gasteiger partial charge in [0, 0.05) is 28.2 Å². The molecule has 3 heterocycles. The molecular weight excluding hydrogens is 580 g/mol. The molecule has 0 aliphatic carbocycles. The molecule has 40 heavy (non-hydrogen) atoms. The van der Waals surface area contributed by atoms with Crippen molar-refractivity contribution in [2.45, 2.75) is 13.0 Å². The molecule has 9 nitrogen and oxygen atoms in total. The first-order chi connectivity index (χ1) is 19.2. The molecule has 0 fully saturated rings. The van der Waals surface area contributed by atoms with Crippen LogP contribution in [0.5, 0.6) is 11.5 Å². The van der Waals surface area contributed by atoms with Crippen LogP contribution in [0.25, 0.3) is 31.7 Å². The summed E-state index contributed by atoms with van der Waals surface area (Å²) in [5.74, 6) is -0.327. The largest absolute Gasteiger partial charge is 0.495 e. The van der Waals surface area contributed by atoms with Crippen LogP contribution in [0.15, 0.2) is 48.9 Å². The van der Waals surface area contributed by atoms with E-state index in [-0.39, 0.29) is 28.5 Å². The minimum Gasteiger partial charge on any atom is -0.495 e. The number of nitrogens with one attached hydrogen (secondary N) is 1. The van der Waals surface area contributed by atoms with Gasteiger partial charge in [-0.25, -0.2) is 14.2 Å². The Morgan fingerprint density at radius 3 is 2.77 bits per heavy atom. The van der Waals surface area contributed by atoms with Crippen molar-refractivity contribution < 1.29 is 23.4 Å². The normalized spacial score (nSPS) is 11.7. The fourth-order valence-corrected chi connectivity index (χ4v) is 5.36. The minimum atomic E-state index is -0.791. The lowest BCUT2D eigenvalue weighted by Crippen LogP contribution is -2.24. The van der Waals surface area contributed by atoms with Crippen molar-refractivity contribution in [3.63, 3.8) is 0 Å². The number of fused-ring (bicyclic) bond motifs is 2. The number of nitrogens with zero attached hydrogens (tertiary/aromatic N) is 4. The van der Waals surface area contributed by atoms with Crippen molar-refractivity contribution in [1.82, 2.24) is 15.0 Å². The van der Waals surface area contributed by atoms with Crippen molar-refractivity contribution >= 4 is 67.4 Å². The van der Waals surface area contributed by atoms with Crippen LogP contribution in [0.4, 0.5) is 14.9 Å². The summed E-state index contributed by atoms with van der Waals surface area (Å²) in [6, 6.07) is 10.2. The Kier molecular flexibility index (Phi) is 7.84. The summed E-state index contributed by atoms with van der Waals surface area (Å²) in [6.45, 7) is 1.42. The van der Waals surface area contributed by atoms with Crippen LogP contribution >= 0.6 is 34.5 Å². The second-order valence-corrected chi connectivity index (χ2v) is 10.3. The van der Waals surface area contributed by atoms with Crippen LogP contribution in [-0.4, -0.2) is 40.9 Å². The number of methoxy groups -OCH3 is 1. The van der Waals surface area contributed by atoms with E-state index in [9.17, 15) is 4.79 Å². The van der Waals surface area contributed by atoms with Crippen molar-refractivity contribution in [1.29, 1.82) is 5.26 Å². The molecule has 1 amide bonds. The number of ether oxygens (including phenoxy) is 3. The van der Waals surface area contributed by atoms with Crippen LogP contribution in [0.1, 0.15) is 12.5 Å². The van der Waals surface area contributed by atoms with Gasteiger partial charge < -0.3 is 14.2 Å². The lowest BCUT2D eigenvalue weighted by Gasteiger charge is -2.16. The maximum Gasteiger partial charge on any atom is 0.411 e. The number of thiazole rings is 1. The number of rotatable bonds is 7. The molecule has 0 aliphatic rings. The average molecular weight is 598 g/mol. The molecule has 1 atom stereocenters. The highest BCUT2D eigenvalue weighted by Gasteiger charge is 2.21. The van der Waals surface area contributed by atoms with Gasteiger partial charge in [-0.1, -0.05) is 23.2 Å². The third-order valence-corrected chi connectivity index (χ3v) is 7.21. The van der Waals surface area contributed by atoms with Gasteiger partial charge in [-0.2, -0.15) is 5.26 Å². The molecule has 2 aromatic carbocycles. The van der Waals surface area contributed by atoms with Crippen LogP contribution in [0.2, 0.25) is 10.0 Å². The molecule has 5 aromatic rings. The topological polar surface area (TPSA) is 119 Å². The molecule has 0 radical (unpaired) electrons. The number of halogens is 3. The second-order valence-electron chi connectivity index (χ2n) is 8.49. The van der Waals surface area contributed by atoms with Crippen LogP contribution in [-0.2, 0) is 4.74 Å². The SMILES string of the molecule is COc1cnc2c(-c3nc4c(Cl)c(F)c(O[C@@H](C)COC(=O)Nc5cncc(C#N)c5)cc4s3)cc(Cl)cc2c1. The number of aromatic nitrogens is 3. The predicted octanol–water partition coefficient (Wildman–Crippen LogP) is 7.25. The van der Waals surface area contributed by atoms with E-state index in [1.165, 1.54) is 35.9 Å². The Labute approximate surface area is 241 Å². The van der Waals surface area contributed by atoms with Crippen LogP contribution in [0.3, 0.4) is 0 Å². The number of carbonyl (C=O) groups is 1. The van der Waals surface area contributed by atoms with Crippen LogP contribution < -0.4 is 14.8 Å². The molecule has 0 aliphatic heterocycles. The van der Waals surface area contributed by atoms with Gasteiger partial charge in [-0.3, -0.25) is 15.3 Å². The van der Waals surface area contributed by atoms with Crippen molar-refractivity contribution in [2.75, 3.05) is 19.0 Å². The Hall–Kier alpha value is -4.24. The summed E-state index contributed by atoms with van der Waals surface area (Å²) >= 11 is 14.0. The van der Waals surface area contributed by atoms with Gasteiger partial charge >= 0.3 is 6.09 Å². The highest BCUT2D eigenvalue weighted by Crippen LogP contribution is 2.41. The highest BCUT2D eigenvalue weighted by molar-refractivity contribution is 7.21. The van der Waals surface area contributed by atoms with E-state index in [0.29, 0.717) is 37.2 Å². The zero-order valence-electron chi connectivity index (χ0n) is 20.9. The summed E-state index contributed by atoms with van der Waals surface area (Å²) in [4.78, 5) is 25.1. The number of hydrogen-bond acceptors (Lipinski definition) is 9. The number of benzene rings is 2. The average Bonchev–Trinajstić information content (AvgIpc) is 3.38. The molecular formula is C27H18Cl2FN5O4S. The molecule has 0 spiro atoms. The van der Waals surface area contributed by atoms with Crippen molar-refractivity contribution in [3.8, 4) is 28.1 Å². The second kappa shape index (κ2) is 11.5.